The van der Waals surface area contributed by atoms with Crippen molar-refractivity contribution in [2.24, 2.45) is 0 Å². The monoisotopic (exact) mass is 248 g/mol. The van der Waals surface area contributed by atoms with Crippen molar-refractivity contribution < 1.29 is 9.90 Å². The Morgan fingerprint density at radius 3 is 2.56 bits per heavy atom. The maximum atomic E-state index is 11.0. The molecule has 98 valence electrons. The first kappa shape index (κ1) is 12.9. The van der Waals surface area contributed by atoms with Gasteiger partial charge in [0, 0.05) is 5.54 Å². The first-order valence-corrected chi connectivity index (χ1v) is 6.46. The molecule has 2 rings (SSSR count). The largest absolute Gasteiger partial charge is 0.465 e. The number of benzene rings is 1. The number of nitrogens with one attached hydrogen (secondary N) is 2. The van der Waals surface area contributed by atoms with E-state index < -0.39 is 6.09 Å². The average molecular weight is 248 g/mol. The molecule has 1 saturated heterocycles. The van der Waals surface area contributed by atoms with Crippen molar-refractivity contribution in [1.82, 2.24) is 10.6 Å². The van der Waals surface area contributed by atoms with E-state index in [-0.39, 0.29) is 5.54 Å². The predicted octanol–water partition coefficient (Wildman–Crippen LogP) is 2.01. The van der Waals surface area contributed by atoms with Gasteiger partial charge in [-0.05, 0) is 44.3 Å². The molecule has 4 nitrogen and oxygen atoms in total. The van der Waals surface area contributed by atoms with E-state index >= 15 is 0 Å². The zero-order valence-electron chi connectivity index (χ0n) is 10.5. The van der Waals surface area contributed by atoms with E-state index in [1.54, 1.807) is 0 Å². The van der Waals surface area contributed by atoms with Crippen molar-refractivity contribution >= 4 is 6.09 Å². The molecule has 0 aromatic heterocycles. The van der Waals surface area contributed by atoms with Gasteiger partial charge in [0.25, 0.3) is 0 Å². The molecule has 4 heteroatoms. The molecule has 1 aliphatic heterocycles. The highest BCUT2D eigenvalue weighted by molar-refractivity contribution is 5.65. The summed E-state index contributed by atoms with van der Waals surface area (Å²) in [6, 6.07) is 10.2. The van der Waals surface area contributed by atoms with Crippen LogP contribution in [0.15, 0.2) is 30.3 Å². The summed E-state index contributed by atoms with van der Waals surface area (Å²) in [6.45, 7) is 1.77. The van der Waals surface area contributed by atoms with Gasteiger partial charge in [-0.2, -0.15) is 0 Å². The molecule has 3 N–H and O–H groups in total. The van der Waals surface area contributed by atoms with Crippen LogP contribution >= 0.6 is 0 Å². The van der Waals surface area contributed by atoms with E-state index in [1.807, 2.05) is 18.2 Å². The molecule has 0 atom stereocenters. The van der Waals surface area contributed by atoms with Crippen LogP contribution in [0.3, 0.4) is 0 Å². The van der Waals surface area contributed by atoms with Crippen LogP contribution in [0.4, 0.5) is 4.79 Å². The first-order valence-electron chi connectivity index (χ1n) is 6.46. The van der Waals surface area contributed by atoms with Crippen LogP contribution in [0.25, 0.3) is 0 Å². The van der Waals surface area contributed by atoms with Gasteiger partial charge in [0.05, 0.1) is 0 Å². The molecule has 0 bridgehead atoms. The third-order valence-electron chi connectivity index (χ3n) is 3.67. The Morgan fingerprint density at radius 1 is 1.28 bits per heavy atom. The predicted molar refractivity (Wildman–Crippen MR) is 70.8 cm³/mol. The molecule has 1 aromatic rings. The lowest BCUT2D eigenvalue weighted by atomic mass is 9.83. The molecular weight excluding hydrogens is 228 g/mol. The second-order valence-electron chi connectivity index (χ2n) is 4.95. The molecule has 18 heavy (non-hydrogen) atoms. The Kier molecular flexibility index (Phi) is 4.20. The van der Waals surface area contributed by atoms with Crippen LogP contribution in [0, 0.1) is 0 Å². The number of rotatable bonds is 4. The van der Waals surface area contributed by atoms with Crippen LogP contribution < -0.4 is 10.6 Å². The highest BCUT2D eigenvalue weighted by Crippen LogP contribution is 2.24. The lowest BCUT2D eigenvalue weighted by molar-refractivity contribution is 0.161. The minimum absolute atomic E-state index is 0.257. The lowest BCUT2D eigenvalue weighted by Crippen LogP contribution is -2.54. The Hall–Kier alpha value is -1.55. The van der Waals surface area contributed by atoms with Gasteiger partial charge in [-0.3, -0.25) is 0 Å². The van der Waals surface area contributed by atoms with Gasteiger partial charge in [-0.15, -0.1) is 0 Å². The van der Waals surface area contributed by atoms with E-state index in [1.165, 1.54) is 5.56 Å². The standard InChI is InChI=1S/C14H20N2O2/c17-13(18)16-14(8-10-15-11-9-14)7-6-12-4-2-1-3-5-12/h1-5,15-16H,6-11H2,(H,17,18). The van der Waals surface area contributed by atoms with Gasteiger partial charge < -0.3 is 15.7 Å². The summed E-state index contributed by atoms with van der Waals surface area (Å²) in [5.41, 5.74) is 1.01. The Labute approximate surface area is 107 Å². The topological polar surface area (TPSA) is 61.4 Å². The normalized spacial score (nSPS) is 18.2. The zero-order valence-corrected chi connectivity index (χ0v) is 10.5. The second kappa shape index (κ2) is 5.87. The molecule has 1 aliphatic rings. The smallest absolute Gasteiger partial charge is 0.405 e. The van der Waals surface area contributed by atoms with E-state index in [0.717, 1.165) is 38.8 Å². The Morgan fingerprint density at radius 2 is 1.94 bits per heavy atom. The fraction of sp³-hybridized carbons (Fsp3) is 0.500. The van der Waals surface area contributed by atoms with Gasteiger partial charge >= 0.3 is 6.09 Å². The number of amides is 1. The summed E-state index contributed by atoms with van der Waals surface area (Å²) in [5.74, 6) is 0. The third kappa shape index (κ3) is 3.47. The molecule has 1 amide bonds. The molecule has 0 unspecified atom stereocenters. The maximum Gasteiger partial charge on any atom is 0.405 e. The fourth-order valence-electron chi connectivity index (χ4n) is 2.60. The number of hydrogen-bond acceptors (Lipinski definition) is 2. The maximum absolute atomic E-state index is 11.0. The Bertz CT molecular complexity index is 386. The average Bonchev–Trinajstić information content (AvgIpc) is 2.38. The van der Waals surface area contributed by atoms with Crippen molar-refractivity contribution in [3.8, 4) is 0 Å². The molecule has 1 fully saturated rings. The molecule has 0 radical (unpaired) electrons. The quantitative estimate of drug-likeness (QED) is 0.764. The zero-order chi connectivity index (χ0) is 12.8. The molecule has 1 heterocycles. The highest BCUT2D eigenvalue weighted by atomic mass is 16.4. The van der Waals surface area contributed by atoms with E-state index in [9.17, 15) is 4.79 Å². The molecule has 0 saturated carbocycles. The minimum Gasteiger partial charge on any atom is -0.465 e. The molecule has 0 spiro atoms. The second-order valence-corrected chi connectivity index (χ2v) is 4.95. The summed E-state index contributed by atoms with van der Waals surface area (Å²) in [4.78, 5) is 11.0. The van der Waals surface area contributed by atoms with Crippen molar-refractivity contribution in [3.05, 3.63) is 35.9 Å². The summed E-state index contributed by atoms with van der Waals surface area (Å²) in [6.07, 6.45) is 2.61. The van der Waals surface area contributed by atoms with Gasteiger partial charge in [-0.1, -0.05) is 30.3 Å². The van der Waals surface area contributed by atoms with Crippen molar-refractivity contribution in [2.45, 2.75) is 31.2 Å². The SMILES string of the molecule is O=C(O)NC1(CCc2ccccc2)CCNCC1. The van der Waals surface area contributed by atoms with Crippen LogP contribution in [0.5, 0.6) is 0 Å². The van der Waals surface area contributed by atoms with Crippen molar-refractivity contribution in [3.63, 3.8) is 0 Å². The van der Waals surface area contributed by atoms with Crippen LogP contribution in [0.1, 0.15) is 24.8 Å². The number of carbonyl (C=O) groups is 1. The fourth-order valence-corrected chi connectivity index (χ4v) is 2.60. The van der Waals surface area contributed by atoms with Crippen LogP contribution in [0.2, 0.25) is 0 Å². The van der Waals surface area contributed by atoms with Gasteiger partial charge in [-0.25, -0.2) is 4.79 Å². The summed E-state index contributed by atoms with van der Waals surface area (Å²) >= 11 is 0. The van der Waals surface area contributed by atoms with Gasteiger partial charge in [0.1, 0.15) is 0 Å². The molecule has 1 aromatic carbocycles. The van der Waals surface area contributed by atoms with E-state index in [2.05, 4.69) is 22.8 Å². The molecule has 0 aliphatic carbocycles. The van der Waals surface area contributed by atoms with Gasteiger partial charge in [0.15, 0.2) is 0 Å². The number of hydrogen-bond donors (Lipinski definition) is 3. The number of aryl methyl sites for hydroxylation is 1. The third-order valence-corrected chi connectivity index (χ3v) is 3.67. The lowest BCUT2D eigenvalue weighted by Gasteiger charge is -2.37. The number of carboxylic acid groups (broad SMARTS) is 1. The van der Waals surface area contributed by atoms with Crippen LogP contribution in [-0.4, -0.2) is 29.8 Å². The first-order chi connectivity index (χ1) is 8.70. The minimum atomic E-state index is -0.912. The van der Waals surface area contributed by atoms with Crippen molar-refractivity contribution in [2.75, 3.05) is 13.1 Å². The van der Waals surface area contributed by atoms with Crippen LogP contribution in [-0.2, 0) is 6.42 Å². The van der Waals surface area contributed by atoms with E-state index in [4.69, 9.17) is 5.11 Å². The van der Waals surface area contributed by atoms with E-state index in [0.29, 0.717) is 0 Å². The summed E-state index contributed by atoms with van der Waals surface area (Å²) in [5, 5.41) is 15.0. The molecular formula is C14H20N2O2. The highest BCUT2D eigenvalue weighted by Gasteiger charge is 2.33. The number of piperidine rings is 1. The Balaban J connectivity index is 1.99. The van der Waals surface area contributed by atoms with Crippen molar-refractivity contribution in [1.29, 1.82) is 0 Å². The summed E-state index contributed by atoms with van der Waals surface area (Å²) < 4.78 is 0. The van der Waals surface area contributed by atoms with Gasteiger partial charge in [0.2, 0.25) is 0 Å². The summed E-state index contributed by atoms with van der Waals surface area (Å²) in [7, 11) is 0.